The third-order valence-electron chi connectivity index (χ3n) is 5.01. The van der Waals surface area contributed by atoms with E-state index in [0.717, 1.165) is 38.9 Å². The number of benzene rings is 1. The summed E-state index contributed by atoms with van der Waals surface area (Å²) < 4.78 is 18.8. The largest absolute Gasteiger partial charge is 0.492 e. The first-order chi connectivity index (χ1) is 11.1. The molecule has 1 aromatic carbocycles. The van der Waals surface area contributed by atoms with Crippen LogP contribution in [0.5, 0.6) is 5.75 Å². The minimum absolute atomic E-state index is 0.190. The van der Waals surface area contributed by atoms with Crippen LogP contribution in [0, 0.1) is 5.82 Å². The summed E-state index contributed by atoms with van der Waals surface area (Å²) in [5, 5.41) is 0. The second-order valence-electron chi connectivity index (χ2n) is 6.47. The third kappa shape index (κ3) is 3.83. The fraction of sp³-hybridized carbons (Fsp3) is 0.611. The lowest BCUT2D eigenvalue weighted by atomic mass is 10.0. The minimum atomic E-state index is -0.274. The van der Waals surface area contributed by atoms with Crippen LogP contribution in [0.2, 0.25) is 0 Å². The molecular formula is C18H25FN2O2. The maximum atomic E-state index is 13.2. The van der Waals surface area contributed by atoms with Crippen molar-refractivity contribution in [2.75, 3.05) is 26.2 Å². The van der Waals surface area contributed by atoms with Crippen molar-refractivity contribution in [2.45, 2.75) is 44.7 Å². The average molecular weight is 320 g/mol. The van der Waals surface area contributed by atoms with E-state index in [1.54, 1.807) is 19.1 Å². The predicted octanol–water partition coefficient (Wildman–Crippen LogP) is 2.68. The van der Waals surface area contributed by atoms with Crippen LogP contribution in [-0.4, -0.2) is 54.0 Å². The number of carbonyl (C=O) groups excluding carboxylic acids is 1. The molecule has 126 valence electrons. The molecule has 0 saturated carbocycles. The highest BCUT2D eigenvalue weighted by Crippen LogP contribution is 2.29. The zero-order chi connectivity index (χ0) is 16.2. The van der Waals surface area contributed by atoms with Gasteiger partial charge in [0.15, 0.2) is 0 Å². The van der Waals surface area contributed by atoms with Crippen molar-refractivity contribution in [3.8, 4) is 5.75 Å². The van der Waals surface area contributed by atoms with Crippen molar-refractivity contribution in [3.63, 3.8) is 0 Å². The lowest BCUT2D eigenvalue weighted by Crippen LogP contribution is -2.48. The molecule has 2 fully saturated rings. The molecule has 3 rings (SSSR count). The Balaban J connectivity index is 1.54. The number of rotatable bonds is 5. The summed E-state index contributed by atoms with van der Waals surface area (Å²) >= 11 is 0. The predicted molar refractivity (Wildman–Crippen MR) is 86.9 cm³/mol. The Hall–Kier alpha value is -1.62. The number of halogens is 1. The Morgan fingerprint density at radius 1 is 1.26 bits per heavy atom. The highest BCUT2D eigenvalue weighted by atomic mass is 19.1. The molecule has 2 unspecified atom stereocenters. The molecule has 1 amide bonds. The number of hydrogen-bond acceptors (Lipinski definition) is 3. The molecule has 2 atom stereocenters. The highest BCUT2D eigenvalue weighted by molar-refractivity contribution is 5.74. The highest BCUT2D eigenvalue weighted by Gasteiger charge is 2.38. The Labute approximate surface area is 137 Å². The molecule has 1 aromatic rings. The SMILES string of the molecule is CC(=O)N1CCCC1C1CCCN1CCOc1cccc(F)c1. The van der Waals surface area contributed by atoms with E-state index in [-0.39, 0.29) is 11.7 Å². The van der Waals surface area contributed by atoms with Gasteiger partial charge in [-0.05, 0) is 44.4 Å². The van der Waals surface area contributed by atoms with Crippen LogP contribution < -0.4 is 4.74 Å². The number of carbonyl (C=O) groups is 1. The van der Waals surface area contributed by atoms with Gasteiger partial charge in [-0.25, -0.2) is 4.39 Å². The normalized spacial score (nSPS) is 25.0. The van der Waals surface area contributed by atoms with E-state index < -0.39 is 0 Å². The Morgan fingerprint density at radius 3 is 2.83 bits per heavy atom. The van der Waals surface area contributed by atoms with Gasteiger partial charge >= 0.3 is 0 Å². The summed E-state index contributed by atoms with van der Waals surface area (Å²) in [6.45, 7) is 4.99. The Morgan fingerprint density at radius 2 is 2.04 bits per heavy atom. The summed E-state index contributed by atoms with van der Waals surface area (Å²) in [6.07, 6.45) is 4.53. The van der Waals surface area contributed by atoms with Gasteiger partial charge in [0.2, 0.25) is 5.91 Å². The summed E-state index contributed by atoms with van der Waals surface area (Å²) in [4.78, 5) is 16.3. The van der Waals surface area contributed by atoms with Gasteiger partial charge in [0.1, 0.15) is 18.2 Å². The first kappa shape index (κ1) is 16.2. The first-order valence-corrected chi connectivity index (χ1v) is 8.55. The molecule has 0 radical (unpaired) electrons. The van der Waals surface area contributed by atoms with Crippen molar-refractivity contribution in [1.82, 2.24) is 9.80 Å². The summed E-state index contributed by atoms with van der Waals surface area (Å²) in [5.74, 6) is 0.493. The number of hydrogen-bond donors (Lipinski definition) is 0. The second kappa shape index (κ2) is 7.30. The average Bonchev–Trinajstić information content (AvgIpc) is 3.15. The molecule has 2 aliphatic rings. The van der Waals surface area contributed by atoms with Gasteiger partial charge in [-0.3, -0.25) is 9.69 Å². The van der Waals surface area contributed by atoms with Gasteiger partial charge in [-0.15, -0.1) is 0 Å². The van der Waals surface area contributed by atoms with Crippen LogP contribution in [0.4, 0.5) is 4.39 Å². The molecule has 0 aromatic heterocycles. The summed E-state index contributed by atoms with van der Waals surface area (Å²) in [5.41, 5.74) is 0. The molecule has 0 bridgehead atoms. The maximum absolute atomic E-state index is 13.2. The van der Waals surface area contributed by atoms with Crippen LogP contribution in [0.25, 0.3) is 0 Å². The fourth-order valence-corrected chi connectivity index (χ4v) is 3.99. The van der Waals surface area contributed by atoms with E-state index in [2.05, 4.69) is 4.90 Å². The quantitative estimate of drug-likeness (QED) is 0.836. The van der Waals surface area contributed by atoms with E-state index >= 15 is 0 Å². The van der Waals surface area contributed by atoms with Crippen molar-refractivity contribution >= 4 is 5.91 Å². The monoisotopic (exact) mass is 320 g/mol. The van der Waals surface area contributed by atoms with Gasteiger partial charge in [-0.2, -0.15) is 0 Å². The van der Waals surface area contributed by atoms with Crippen LogP contribution in [0.1, 0.15) is 32.6 Å². The van der Waals surface area contributed by atoms with Crippen molar-refractivity contribution in [3.05, 3.63) is 30.1 Å². The first-order valence-electron chi connectivity index (χ1n) is 8.55. The number of amides is 1. The summed E-state index contributed by atoms with van der Waals surface area (Å²) in [7, 11) is 0. The van der Waals surface area contributed by atoms with Gasteiger partial charge < -0.3 is 9.64 Å². The summed E-state index contributed by atoms with van der Waals surface area (Å²) in [6, 6.07) is 7.06. The zero-order valence-corrected chi connectivity index (χ0v) is 13.7. The number of nitrogens with zero attached hydrogens (tertiary/aromatic N) is 2. The molecule has 2 saturated heterocycles. The molecular weight excluding hydrogens is 295 g/mol. The van der Waals surface area contributed by atoms with Gasteiger partial charge in [-0.1, -0.05) is 6.07 Å². The lowest BCUT2D eigenvalue weighted by Gasteiger charge is -2.34. The molecule has 5 heteroatoms. The van der Waals surface area contributed by atoms with Gasteiger partial charge in [0.25, 0.3) is 0 Å². The van der Waals surface area contributed by atoms with Crippen molar-refractivity contribution in [2.24, 2.45) is 0 Å². The Kier molecular flexibility index (Phi) is 5.16. The van der Waals surface area contributed by atoms with E-state index in [1.807, 2.05) is 4.90 Å². The molecule has 4 nitrogen and oxygen atoms in total. The van der Waals surface area contributed by atoms with E-state index in [0.29, 0.717) is 24.4 Å². The van der Waals surface area contributed by atoms with E-state index in [1.165, 1.54) is 18.6 Å². The van der Waals surface area contributed by atoms with Gasteiger partial charge in [0, 0.05) is 38.2 Å². The Bertz CT molecular complexity index is 552. The van der Waals surface area contributed by atoms with Crippen molar-refractivity contribution < 1.29 is 13.9 Å². The molecule has 0 N–H and O–H groups in total. The van der Waals surface area contributed by atoms with Crippen LogP contribution >= 0.6 is 0 Å². The van der Waals surface area contributed by atoms with Crippen LogP contribution in [0.15, 0.2) is 24.3 Å². The number of likely N-dealkylation sites (tertiary alicyclic amines) is 2. The minimum Gasteiger partial charge on any atom is -0.492 e. The van der Waals surface area contributed by atoms with E-state index in [4.69, 9.17) is 4.74 Å². The molecule has 2 aliphatic heterocycles. The van der Waals surface area contributed by atoms with Crippen LogP contribution in [0.3, 0.4) is 0 Å². The smallest absolute Gasteiger partial charge is 0.219 e. The van der Waals surface area contributed by atoms with E-state index in [9.17, 15) is 9.18 Å². The molecule has 23 heavy (non-hydrogen) atoms. The van der Waals surface area contributed by atoms with Crippen molar-refractivity contribution in [1.29, 1.82) is 0 Å². The standard InChI is InChI=1S/C18H25FN2O2/c1-14(22)21-10-4-8-18(21)17-7-3-9-20(17)11-12-23-16-6-2-5-15(19)13-16/h2,5-6,13,17-18H,3-4,7-12H2,1H3. The number of ether oxygens (including phenoxy) is 1. The lowest BCUT2D eigenvalue weighted by molar-refractivity contribution is -0.130. The molecule has 0 aliphatic carbocycles. The zero-order valence-electron chi connectivity index (χ0n) is 13.7. The van der Waals surface area contributed by atoms with Gasteiger partial charge in [0.05, 0.1) is 0 Å². The molecule has 2 heterocycles. The maximum Gasteiger partial charge on any atom is 0.219 e. The van der Waals surface area contributed by atoms with Crippen LogP contribution in [-0.2, 0) is 4.79 Å². The topological polar surface area (TPSA) is 32.8 Å². The fourth-order valence-electron chi connectivity index (χ4n) is 3.99. The molecule has 0 spiro atoms. The second-order valence-corrected chi connectivity index (χ2v) is 6.47. The third-order valence-corrected chi connectivity index (χ3v) is 5.01.